The van der Waals surface area contributed by atoms with Crippen molar-refractivity contribution in [2.45, 2.75) is 31.6 Å². The quantitative estimate of drug-likeness (QED) is 0.734. The van der Waals surface area contributed by atoms with E-state index in [9.17, 15) is 8.42 Å². The normalized spacial score (nSPS) is 11.9. The number of sulfonamides is 1. The van der Waals surface area contributed by atoms with Gasteiger partial charge in [0.1, 0.15) is 4.90 Å². The van der Waals surface area contributed by atoms with Crippen molar-refractivity contribution in [3.63, 3.8) is 0 Å². The van der Waals surface area contributed by atoms with Gasteiger partial charge in [-0.25, -0.2) is 13.6 Å². The molecule has 0 spiro atoms. The molecule has 0 aliphatic heterocycles. The Morgan fingerprint density at radius 3 is 2.38 bits per heavy atom. The van der Waals surface area contributed by atoms with Gasteiger partial charge in [-0.15, -0.1) is 0 Å². The summed E-state index contributed by atoms with van der Waals surface area (Å²) in [5, 5.41) is 11.6. The van der Waals surface area contributed by atoms with Crippen LogP contribution >= 0.6 is 0 Å². The molecule has 0 fully saturated rings. The Hall–Kier alpha value is -0.880. The van der Waals surface area contributed by atoms with Crippen LogP contribution in [0.3, 0.4) is 0 Å². The molecule has 0 aliphatic rings. The molecule has 1 aromatic rings. The summed E-state index contributed by atoms with van der Waals surface area (Å²) in [6.07, 6.45) is 1.14. The fraction of sp³-hybridized carbons (Fsp3) is 0.571. The van der Waals surface area contributed by atoms with Gasteiger partial charge in [0.15, 0.2) is 0 Å². The number of rotatable bonds is 3. The second kappa shape index (κ2) is 3.47. The molecule has 0 saturated heterocycles. The average molecular weight is 203 g/mol. The van der Waals surface area contributed by atoms with E-state index in [1.165, 1.54) is 0 Å². The Morgan fingerprint density at radius 1 is 1.38 bits per heavy atom. The molecule has 13 heavy (non-hydrogen) atoms. The topological polar surface area (TPSA) is 88.8 Å². The molecular formula is C7H13N3O2S. The fourth-order valence-corrected chi connectivity index (χ4v) is 2.28. The molecule has 0 aromatic carbocycles. The standard InChI is InChI=1S/C7H13N3O2S/c1-3-5-7(13(8,11)12)6(4-2)10-9-5/h3-4H2,1-2H3,(H,9,10)(H2,8,11,12). The highest BCUT2D eigenvalue weighted by Gasteiger charge is 2.20. The minimum atomic E-state index is -3.64. The van der Waals surface area contributed by atoms with E-state index >= 15 is 0 Å². The zero-order valence-electron chi connectivity index (χ0n) is 7.66. The van der Waals surface area contributed by atoms with Gasteiger partial charge in [0.2, 0.25) is 10.0 Å². The summed E-state index contributed by atoms with van der Waals surface area (Å²) in [5.74, 6) is 0. The summed E-state index contributed by atoms with van der Waals surface area (Å²) in [6.45, 7) is 3.69. The van der Waals surface area contributed by atoms with Crippen LogP contribution in [0.15, 0.2) is 4.90 Å². The van der Waals surface area contributed by atoms with Crippen LogP contribution in [0.25, 0.3) is 0 Å². The van der Waals surface area contributed by atoms with Gasteiger partial charge in [0, 0.05) is 0 Å². The molecule has 1 heterocycles. The number of aromatic amines is 1. The van der Waals surface area contributed by atoms with Crippen molar-refractivity contribution in [1.82, 2.24) is 10.2 Å². The van der Waals surface area contributed by atoms with Crippen molar-refractivity contribution < 1.29 is 8.42 Å². The van der Waals surface area contributed by atoms with E-state index in [-0.39, 0.29) is 4.90 Å². The number of nitrogens with one attached hydrogen (secondary N) is 1. The van der Waals surface area contributed by atoms with Gasteiger partial charge in [-0.05, 0) is 12.8 Å². The number of hydrogen-bond donors (Lipinski definition) is 2. The van der Waals surface area contributed by atoms with Crippen LogP contribution in [0.5, 0.6) is 0 Å². The molecular weight excluding hydrogens is 190 g/mol. The van der Waals surface area contributed by atoms with Crippen molar-refractivity contribution in [1.29, 1.82) is 0 Å². The van der Waals surface area contributed by atoms with Gasteiger partial charge >= 0.3 is 0 Å². The average Bonchev–Trinajstić information content (AvgIpc) is 2.45. The van der Waals surface area contributed by atoms with Crippen LogP contribution in [-0.4, -0.2) is 18.6 Å². The number of H-pyrrole nitrogens is 1. The minimum absolute atomic E-state index is 0.164. The van der Waals surface area contributed by atoms with Crippen LogP contribution in [0.1, 0.15) is 25.2 Å². The summed E-state index contributed by atoms with van der Waals surface area (Å²) in [4.78, 5) is 0.164. The summed E-state index contributed by atoms with van der Waals surface area (Å²) in [6, 6.07) is 0. The molecule has 5 nitrogen and oxygen atoms in total. The number of nitrogens with zero attached hydrogens (tertiary/aromatic N) is 1. The third-order valence-electron chi connectivity index (χ3n) is 1.83. The Bertz CT molecular complexity index is 372. The van der Waals surface area contributed by atoms with Gasteiger partial charge in [-0.3, -0.25) is 5.10 Å². The van der Waals surface area contributed by atoms with Crippen LogP contribution in [0, 0.1) is 0 Å². The first-order valence-electron chi connectivity index (χ1n) is 4.09. The van der Waals surface area contributed by atoms with Gasteiger partial charge in [-0.2, -0.15) is 5.10 Å². The molecule has 1 aromatic heterocycles. The first kappa shape index (κ1) is 10.2. The maximum absolute atomic E-state index is 11.2. The lowest BCUT2D eigenvalue weighted by atomic mass is 10.3. The predicted molar refractivity (Wildman–Crippen MR) is 48.7 cm³/mol. The molecule has 0 saturated carbocycles. The second-order valence-corrected chi connectivity index (χ2v) is 4.23. The Labute approximate surface area is 77.4 Å². The maximum atomic E-state index is 11.2. The third kappa shape index (κ3) is 1.89. The van der Waals surface area contributed by atoms with E-state index in [4.69, 9.17) is 5.14 Å². The Balaban J connectivity index is 3.38. The van der Waals surface area contributed by atoms with E-state index in [0.717, 1.165) is 0 Å². The highest BCUT2D eigenvalue weighted by molar-refractivity contribution is 7.89. The van der Waals surface area contributed by atoms with Gasteiger partial charge in [-0.1, -0.05) is 13.8 Å². The first-order valence-corrected chi connectivity index (χ1v) is 5.64. The molecule has 0 aliphatic carbocycles. The number of aromatic nitrogens is 2. The zero-order valence-corrected chi connectivity index (χ0v) is 8.48. The number of nitrogens with two attached hydrogens (primary N) is 1. The number of primary sulfonamides is 1. The third-order valence-corrected chi connectivity index (χ3v) is 2.89. The lowest BCUT2D eigenvalue weighted by Gasteiger charge is -1.99. The lowest BCUT2D eigenvalue weighted by molar-refractivity contribution is 0.595. The van der Waals surface area contributed by atoms with Crippen molar-refractivity contribution in [3.8, 4) is 0 Å². The smallest absolute Gasteiger partial charge is 0.241 e. The van der Waals surface area contributed by atoms with E-state index in [1.807, 2.05) is 13.8 Å². The SMILES string of the molecule is CCc1n[nH]c(CC)c1S(N)(=O)=O. The summed E-state index contributed by atoms with van der Waals surface area (Å²) < 4.78 is 22.3. The summed E-state index contributed by atoms with van der Waals surface area (Å²) >= 11 is 0. The molecule has 0 unspecified atom stereocenters. The van der Waals surface area contributed by atoms with Crippen molar-refractivity contribution >= 4 is 10.0 Å². The second-order valence-electron chi connectivity index (χ2n) is 2.73. The summed E-state index contributed by atoms with van der Waals surface area (Å²) in [5.41, 5.74) is 1.10. The summed E-state index contributed by atoms with van der Waals surface area (Å²) in [7, 11) is -3.64. The first-order chi connectivity index (χ1) is 6.00. The number of aryl methyl sites for hydroxylation is 2. The minimum Gasteiger partial charge on any atom is -0.281 e. The molecule has 0 atom stereocenters. The van der Waals surface area contributed by atoms with E-state index in [0.29, 0.717) is 24.2 Å². The molecule has 3 N–H and O–H groups in total. The van der Waals surface area contributed by atoms with E-state index in [1.54, 1.807) is 0 Å². The molecule has 1 rings (SSSR count). The largest absolute Gasteiger partial charge is 0.281 e. The lowest BCUT2D eigenvalue weighted by Crippen LogP contribution is -2.15. The number of hydrogen-bond acceptors (Lipinski definition) is 3. The fourth-order valence-electron chi connectivity index (χ4n) is 1.23. The Morgan fingerprint density at radius 2 is 2.00 bits per heavy atom. The van der Waals surface area contributed by atoms with Crippen LogP contribution in [0.4, 0.5) is 0 Å². The van der Waals surface area contributed by atoms with Gasteiger partial charge in [0.05, 0.1) is 11.4 Å². The molecule has 6 heteroatoms. The zero-order chi connectivity index (χ0) is 10.1. The van der Waals surface area contributed by atoms with Gasteiger partial charge < -0.3 is 0 Å². The van der Waals surface area contributed by atoms with E-state index in [2.05, 4.69) is 10.2 Å². The van der Waals surface area contributed by atoms with Crippen LogP contribution in [-0.2, 0) is 22.9 Å². The Kier molecular flexibility index (Phi) is 2.72. The molecule has 0 amide bonds. The highest BCUT2D eigenvalue weighted by Crippen LogP contribution is 2.17. The highest BCUT2D eigenvalue weighted by atomic mass is 32.2. The van der Waals surface area contributed by atoms with Crippen molar-refractivity contribution in [2.24, 2.45) is 5.14 Å². The van der Waals surface area contributed by atoms with Crippen LogP contribution in [0.2, 0.25) is 0 Å². The molecule has 0 radical (unpaired) electrons. The van der Waals surface area contributed by atoms with E-state index < -0.39 is 10.0 Å². The van der Waals surface area contributed by atoms with Gasteiger partial charge in [0.25, 0.3) is 0 Å². The predicted octanol–water partition coefficient (Wildman–Crippen LogP) is 0.182. The molecule has 74 valence electrons. The molecule has 0 bridgehead atoms. The van der Waals surface area contributed by atoms with Crippen molar-refractivity contribution in [2.75, 3.05) is 0 Å². The van der Waals surface area contributed by atoms with Crippen molar-refractivity contribution in [3.05, 3.63) is 11.4 Å². The van der Waals surface area contributed by atoms with Crippen LogP contribution < -0.4 is 5.14 Å². The monoisotopic (exact) mass is 203 g/mol. The maximum Gasteiger partial charge on any atom is 0.241 e.